The molecule has 3 N–H and O–H groups in total. The third-order valence-electron chi connectivity index (χ3n) is 17.2. The van der Waals surface area contributed by atoms with Crippen LogP contribution in [0.4, 0.5) is 0 Å². The van der Waals surface area contributed by atoms with Crippen molar-refractivity contribution >= 4 is 11.9 Å². The van der Waals surface area contributed by atoms with Crippen molar-refractivity contribution in [2.45, 2.75) is 343 Å². The molecule has 0 bridgehead atoms. The van der Waals surface area contributed by atoms with Crippen molar-refractivity contribution < 1.29 is 39.1 Å². The molecule has 8 nitrogen and oxygen atoms in total. The Morgan fingerprint density at radius 3 is 0.976 bits per heavy atom. The first kappa shape index (κ1) is 75.7. The molecule has 1 unspecified atom stereocenters. The van der Waals surface area contributed by atoms with Gasteiger partial charge in [-0.25, -0.2) is 9.59 Å². The lowest BCUT2D eigenvalue weighted by Crippen LogP contribution is -2.45. The Bertz CT molecular complexity index is 2130. The molecule has 0 aliphatic heterocycles. The van der Waals surface area contributed by atoms with Gasteiger partial charge in [-0.3, -0.25) is 0 Å². The van der Waals surface area contributed by atoms with Gasteiger partial charge in [0.15, 0.2) is 0 Å². The van der Waals surface area contributed by atoms with E-state index in [-0.39, 0.29) is 12.8 Å². The first-order chi connectivity index (χ1) is 39.5. The van der Waals surface area contributed by atoms with Crippen molar-refractivity contribution in [3.63, 3.8) is 0 Å². The fourth-order valence-electron chi connectivity index (χ4n) is 12.2. The van der Waals surface area contributed by atoms with E-state index in [1.807, 2.05) is 11.9 Å². The number of ether oxygens (including phenoxy) is 3. The number of benzene rings is 2. The van der Waals surface area contributed by atoms with Gasteiger partial charge in [-0.1, -0.05) is 290 Å². The van der Waals surface area contributed by atoms with E-state index in [9.17, 15) is 24.9 Å². The second-order valence-corrected chi connectivity index (χ2v) is 29.0. The van der Waals surface area contributed by atoms with Crippen molar-refractivity contribution in [3.05, 3.63) is 63.2 Å². The summed E-state index contributed by atoms with van der Waals surface area (Å²) in [6, 6.07) is 4.16. The van der Waals surface area contributed by atoms with E-state index >= 15 is 0 Å². The highest BCUT2D eigenvalue weighted by Crippen LogP contribution is 2.53. The van der Waals surface area contributed by atoms with Crippen molar-refractivity contribution in [1.29, 1.82) is 0 Å². The predicted octanol–water partition coefficient (Wildman–Crippen LogP) is 20.1. The minimum Gasteiger partial charge on any atom is -0.493 e. The van der Waals surface area contributed by atoms with Gasteiger partial charge < -0.3 is 29.5 Å². The molecule has 0 aliphatic rings. The standard InChI is InChI=1S/C75H128O8/c1-15-17-19-21-23-25-27-29-31-33-35-37-39-41-43-45-53-81-64-55-62(71(3,4)5)66(67(73(9,10)11)60(64)49-47-51-76)70(75(57-78,58-79)59-80)83-69-63(72(6,7)8)56-65(61(50-48-52-77)68(69)74(12,13)14)82-54-46-44-42-40-38-36-34-32-30-28-26-24-22-20-18-16-2/h47-48,55-56,70,78-80H,15-46,49-50,53-54,57-59H2,1-14H3. The molecule has 0 fully saturated rings. The summed E-state index contributed by atoms with van der Waals surface area (Å²) in [6.07, 6.45) is 43.7. The first-order valence-electron chi connectivity index (χ1n) is 34.1. The molecular weight excluding hydrogens is 1030 g/mol. The van der Waals surface area contributed by atoms with Crippen molar-refractivity contribution in [2.24, 2.45) is 5.41 Å². The quantitative estimate of drug-likeness (QED) is 0.0442. The fourth-order valence-corrected chi connectivity index (χ4v) is 12.2. The van der Waals surface area contributed by atoms with Crippen LogP contribution in [0.1, 0.15) is 347 Å². The topological polar surface area (TPSA) is 123 Å². The molecule has 0 amide bonds. The van der Waals surface area contributed by atoms with E-state index < -0.39 is 53.0 Å². The van der Waals surface area contributed by atoms with Crippen LogP contribution in [0.2, 0.25) is 0 Å². The van der Waals surface area contributed by atoms with E-state index in [0.717, 1.165) is 64.6 Å². The number of allylic oxidation sites excluding steroid dienone is 2. The Hall–Kier alpha value is -3.38. The zero-order chi connectivity index (χ0) is 61.8. The summed E-state index contributed by atoms with van der Waals surface area (Å²) >= 11 is 0. The minimum absolute atomic E-state index is 0.243. The summed E-state index contributed by atoms with van der Waals surface area (Å²) in [5.74, 6) is 6.04. The smallest absolute Gasteiger partial charge is 0.137 e. The molecule has 8 heteroatoms. The Morgan fingerprint density at radius 2 is 0.699 bits per heavy atom. The van der Waals surface area contributed by atoms with Gasteiger partial charge in [0.2, 0.25) is 0 Å². The third-order valence-corrected chi connectivity index (χ3v) is 17.2. The van der Waals surface area contributed by atoms with Gasteiger partial charge in [0.1, 0.15) is 35.2 Å². The number of aliphatic hydroxyl groups excluding tert-OH is 3. The molecule has 0 saturated carbocycles. The molecule has 83 heavy (non-hydrogen) atoms. The van der Waals surface area contributed by atoms with E-state index in [1.165, 1.54) is 192 Å². The highest BCUT2D eigenvalue weighted by molar-refractivity contribution is 5.62. The molecule has 1 atom stereocenters. The van der Waals surface area contributed by atoms with Crippen LogP contribution in [-0.2, 0) is 44.1 Å². The highest BCUT2D eigenvalue weighted by Gasteiger charge is 2.48. The van der Waals surface area contributed by atoms with Crippen LogP contribution in [-0.4, -0.2) is 60.2 Å². The van der Waals surface area contributed by atoms with E-state index in [2.05, 4.69) is 109 Å². The maximum absolute atomic E-state index is 12.2. The molecule has 0 heterocycles. The van der Waals surface area contributed by atoms with Crippen LogP contribution >= 0.6 is 0 Å². The van der Waals surface area contributed by atoms with Gasteiger partial charge in [0, 0.05) is 52.8 Å². The van der Waals surface area contributed by atoms with Crippen molar-refractivity contribution in [2.75, 3.05) is 33.0 Å². The average Bonchev–Trinajstić information content (AvgIpc) is 3.62. The van der Waals surface area contributed by atoms with Crippen LogP contribution in [0.3, 0.4) is 0 Å². The zero-order valence-electron chi connectivity index (χ0n) is 56.3. The number of aliphatic hydroxyl groups is 3. The van der Waals surface area contributed by atoms with Crippen LogP contribution in [0.25, 0.3) is 0 Å². The molecule has 0 aromatic heterocycles. The molecule has 2 aromatic carbocycles. The van der Waals surface area contributed by atoms with Crippen LogP contribution in [0, 0.1) is 5.41 Å². The summed E-state index contributed by atoms with van der Waals surface area (Å²) in [4.78, 5) is 24.3. The minimum atomic E-state index is -1.59. The molecule has 2 rings (SSSR count). The normalized spacial score (nSPS) is 12.8. The monoisotopic (exact) mass is 1160 g/mol. The Kier molecular flexibility index (Phi) is 37.3. The Labute approximate surface area is 510 Å². The van der Waals surface area contributed by atoms with Crippen LogP contribution < -0.4 is 14.2 Å². The summed E-state index contributed by atoms with van der Waals surface area (Å²) < 4.78 is 21.4. The fraction of sp³-hybridized carbons (Fsp3) is 0.787. The zero-order valence-corrected chi connectivity index (χ0v) is 56.3. The summed E-state index contributed by atoms with van der Waals surface area (Å²) in [7, 11) is 0. The molecular formula is C75H128O8. The third kappa shape index (κ3) is 27.5. The van der Waals surface area contributed by atoms with Crippen molar-refractivity contribution in [3.8, 4) is 17.2 Å². The largest absolute Gasteiger partial charge is 0.493 e. The first-order valence-corrected chi connectivity index (χ1v) is 34.1. The lowest BCUT2D eigenvalue weighted by Gasteiger charge is -2.44. The van der Waals surface area contributed by atoms with Crippen LogP contribution in [0.15, 0.2) is 24.3 Å². The lowest BCUT2D eigenvalue weighted by atomic mass is 9.67. The molecule has 0 spiro atoms. The predicted molar refractivity (Wildman–Crippen MR) is 353 cm³/mol. The molecule has 0 radical (unpaired) electrons. The van der Waals surface area contributed by atoms with Gasteiger partial charge in [0.25, 0.3) is 0 Å². The van der Waals surface area contributed by atoms with Gasteiger partial charge in [0.05, 0.1) is 38.4 Å². The molecule has 476 valence electrons. The molecule has 0 saturated heterocycles. The summed E-state index contributed by atoms with van der Waals surface area (Å²) in [5.41, 5.74) is 2.09. The number of hydrogen-bond donors (Lipinski definition) is 3. The van der Waals surface area contributed by atoms with E-state index in [0.29, 0.717) is 30.5 Å². The highest BCUT2D eigenvalue weighted by atomic mass is 16.5. The maximum atomic E-state index is 12.2. The number of unbranched alkanes of at least 4 members (excludes halogenated alkanes) is 30. The number of carbonyl (C=O) groups excluding carboxylic acids is 2. The Balaban J connectivity index is 2.59. The average molecular weight is 1160 g/mol. The second kappa shape index (κ2) is 40.9. The van der Waals surface area contributed by atoms with E-state index in [1.54, 1.807) is 0 Å². The summed E-state index contributed by atoms with van der Waals surface area (Å²) in [6.45, 7) is 29.6. The molecule has 0 aliphatic carbocycles. The maximum Gasteiger partial charge on any atom is 0.137 e. The van der Waals surface area contributed by atoms with E-state index in [4.69, 9.17) is 14.2 Å². The van der Waals surface area contributed by atoms with Gasteiger partial charge in [-0.05, 0) is 57.8 Å². The second-order valence-electron chi connectivity index (χ2n) is 29.0. The Morgan fingerprint density at radius 1 is 0.410 bits per heavy atom. The lowest BCUT2D eigenvalue weighted by molar-refractivity contribution is -0.0762. The van der Waals surface area contributed by atoms with Crippen LogP contribution in [0.5, 0.6) is 17.2 Å². The number of rotatable bonds is 47. The SMILES string of the molecule is CCCCCCCCCCCCCCCCCCOc1cc(C(C)(C)C)c(OC(c2c(C(C)(C)C)cc(OCCCCCCCCCCCCCCCCCC)c(CC=C=O)c2C(C)(C)C)C(CO)(CO)CO)c(C(C)(C)C)c1CC=C=O. The van der Waals surface area contributed by atoms with Gasteiger partial charge >= 0.3 is 0 Å². The molecule has 2 aromatic rings. The number of hydrogen-bond acceptors (Lipinski definition) is 8. The van der Waals surface area contributed by atoms with Gasteiger partial charge in [-0.15, -0.1) is 0 Å². The van der Waals surface area contributed by atoms with Crippen molar-refractivity contribution in [1.82, 2.24) is 0 Å². The summed E-state index contributed by atoms with van der Waals surface area (Å²) in [5, 5.41) is 35.0. The van der Waals surface area contributed by atoms with Gasteiger partial charge in [-0.2, -0.15) is 0 Å².